The van der Waals surface area contributed by atoms with Crippen LogP contribution in [0.25, 0.3) is 11.0 Å². The van der Waals surface area contributed by atoms with E-state index in [1.165, 1.54) is 51.0 Å². The monoisotopic (exact) mass is 463 g/mol. The van der Waals surface area contributed by atoms with Gasteiger partial charge in [0.05, 0.1) is 29.4 Å². The van der Waals surface area contributed by atoms with Crippen LogP contribution in [0.2, 0.25) is 0 Å². The van der Waals surface area contributed by atoms with Gasteiger partial charge < -0.3 is 21.3 Å². The van der Waals surface area contributed by atoms with Gasteiger partial charge in [0.2, 0.25) is 5.52 Å². The summed E-state index contributed by atoms with van der Waals surface area (Å²) in [5.74, 6) is 0. The molecule has 10 nitrogen and oxygen atoms in total. The molecule has 0 amide bonds. The quantitative estimate of drug-likeness (QED) is 0.110. The predicted octanol–water partition coefficient (Wildman–Crippen LogP) is 4.07. The minimum Gasteiger partial charge on any atom is -0.395 e. The van der Waals surface area contributed by atoms with Crippen molar-refractivity contribution in [2.24, 2.45) is 5.73 Å². The molecule has 0 aliphatic heterocycles. The Bertz CT molecular complexity index is 857. The second-order valence-electron chi connectivity index (χ2n) is 8.37. The van der Waals surface area contributed by atoms with Gasteiger partial charge >= 0.3 is 5.69 Å². The highest BCUT2D eigenvalue weighted by molar-refractivity contribution is 5.93. The van der Waals surface area contributed by atoms with Crippen molar-refractivity contribution in [1.82, 2.24) is 10.3 Å². The minimum absolute atomic E-state index is 0.104. The molecule has 0 saturated heterocycles. The number of nitro groups is 1. The Kier molecular flexibility index (Phi) is 12.4. The molecule has 0 radical (unpaired) electrons. The first kappa shape index (κ1) is 26.7. The van der Waals surface area contributed by atoms with E-state index >= 15 is 0 Å². The van der Waals surface area contributed by atoms with Crippen LogP contribution >= 0.6 is 0 Å². The van der Waals surface area contributed by atoms with Gasteiger partial charge in [-0.05, 0) is 35.6 Å². The third-order valence-corrected chi connectivity index (χ3v) is 5.69. The molecule has 1 heterocycles. The molecule has 0 aliphatic rings. The van der Waals surface area contributed by atoms with Gasteiger partial charge in [0, 0.05) is 12.6 Å². The molecule has 0 bridgehead atoms. The average Bonchev–Trinajstić information content (AvgIpc) is 3.30. The molecule has 1 aromatic carbocycles. The van der Waals surface area contributed by atoms with E-state index < -0.39 is 17.1 Å². The number of hydrogen-bond donors (Lipinski definition) is 4. The Morgan fingerprint density at radius 3 is 2.27 bits per heavy atom. The Labute approximate surface area is 194 Å². The number of nitrogens with two attached hydrogens (primary N) is 1. The summed E-state index contributed by atoms with van der Waals surface area (Å²) in [5.41, 5.74) is 6.71. The second kappa shape index (κ2) is 15.3. The van der Waals surface area contributed by atoms with Crippen molar-refractivity contribution in [2.75, 3.05) is 18.5 Å². The molecule has 184 valence electrons. The number of non-ortho nitro benzene ring substituents is 1. The molecule has 1 aromatic heterocycles. The van der Waals surface area contributed by atoms with Crippen molar-refractivity contribution in [3.8, 4) is 0 Å². The summed E-state index contributed by atoms with van der Waals surface area (Å²) in [5, 5.41) is 40.2. The molecule has 10 heteroatoms. The van der Waals surface area contributed by atoms with Crippen molar-refractivity contribution >= 4 is 22.4 Å². The van der Waals surface area contributed by atoms with Crippen molar-refractivity contribution in [2.45, 2.75) is 82.8 Å². The van der Waals surface area contributed by atoms with Crippen LogP contribution in [0.5, 0.6) is 0 Å². The van der Waals surface area contributed by atoms with Crippen LogP contribution in [0.4, 0.5) is 11.4 Å². The van der Waals surface area contributed by atoms with Crippen LogP contribution < -0.4 is 11.1 Å². The largest absolute Gasteiger partial charge is 0.395 e. The lowest BCUT2D eigenvalue weighted by Crippen LogP contribution is -2.36. The van der Waals surface area contributed by atoms with Crippen LogP contribution in [0, 0.1) is 10.1 Å². The van der Waals surface area contributed by atoms with E-state index in [0.717, 1.165) is 32.2 Å². The number of nitrogens with one attached hydrogen (secondary N) is 1. The molecular weight excluding hydrogens is 426 g/mol. The lowest BCUT2D eigenvalue weighted by molar-refractivity contribution is -0.383. The Balaban J connectivity index is 1.43. The molecule has 0 fully saturated rings. The maximum atomic E-state index is 11.0. The lowest BCUT2D eigenvalue weighted by atomic mass is 10.1. The first-order valence-electron chi connectivity index (χ1n) is 11.9. The number of fused-ring (bicyclic) bond motifs is 1. The van der Waals surface area contributed by atoms with Gasteiger partial charge in [-0.15, -0.1) is 0 Å². The zero-order chi connectivity index (χ0) is 23.9. The van der Waals surface area contributed by atoms with E-state index in [1.54, 1.807) is 12.1 Å². The van der Waals surface area contributed by atoms with E-state index in [4.69, 9.17) is 10.8 Å². The van der Waals surface area contributed by atoms with Gasteiger partial charge in [0.1, 0.15) is 0 Å². The van der Waals surface area contributed by atoms with Crippen LogP contribution in [0.1, 0.15) is 70.6 Å². The number of hydrogen-bond acceptors (Lipinski definition) is 9. The molecule has 0 aliphatic carbocycles. The fraction of sp³-hybridized carbons (Fsp3) is 0.652. The number of rotatable bonds is 18. The van der Waals surface area contributed by atoms with Crippen molar-refractivity contribution in [1.29, 1.82) is 0 Å². The molecule has 0 spiro atoms. The minimum atomic E-state index is -0.769. The summed E-state index contributed by atoms with van der Waals surface area (Å²) >= 11 is 0. The van der Waals surface area contributed by atoms with Crippen molar-refractivity contribution in [3.63, 3.8) is 0 Å². The maximum Gasteiger partial charge on any atom is 0.300 e. The van der Waals surface area contributed by atoms with Crippen molar-refractivity contribution in [3.05, 3.63) is 34.4 Å². The van der Waals surface area contributed by atoms with Crippen LogP contribution in [0.15, 0.2) is 28.9 Å². The highest BCUT2D eigenvalue weighted by Gasteiger charge is 2.19. The SMILES string of the molecule is N[C@@H](CO)[C@H](O)/C=C/CCCCCCCCCCCCNc1ccc([N+](=O)[O-])c2nonc12. The molecule has 2 aromatic rings. The molecule has 5 N–H and O–H groups in total. The van der Waals surface area contributed by atoms with Gasteiger partial charge in [-0.2, -0.15) is 0 Å². The summed E-state index contributed by atoms with van der Waals surface area (Å²) in [7, 11) is 0. The zero-order valence-electron chi connectivity index (χ0n) is 19.2. The lowest BCUT2D eigenvalue weighted by Gasteiger charge is -2.11. The average molecular weight is 464 g/mol. The number of allylic oxidation sites excluding steroid dienone is 1. The predicted molar refractivity (Wildman–Crippen MR) is 128 cm³/mol. The van der Waals surface area contributed by atoms with Gasteiger partial charge in [0.15, 0.2) is 5.52 Å². The summed E-state index contributed by atoms with van der Waals surface area (Å²) in [6.45, 7) is 0.562. The maximum absolute atomic E-state index is 11.0. The third-order valence-electron chi connectivity index (χ3n) is 5.69. The summed E-state index contributed by atoms with van der Waals surface area (Å²) in [6.07, 6.45) is 15.7. The Hall–Kier alpha value is -2.56. The number of aromatic nitrogens is 2. The van der Waals surface area contributed by atoms with Gasteiger partial charge in [-0.25, -0.2) is 4.63 Å². The third kappa shape index (κ3) is 9.45. The fourth-order valence-corrected chi connectivity index (χ4v) is 3.65. The van der Waals surface area contributed by atoms with Crippen molar-refractivity contribution < 1.29 is 19.8 Å². The normalized spacial score (nSPS) is 13.5. The number of anilines is 1. The number of unbranched alkanes of at least 4 members (excludes halogenated alkanes) is 10. The molecule has 0 unspecified atom stereocenters. The number of nitrogens with zero attached hydrogens (tertiary/aromatic N) is 3. The first-order chi connectivity index (χ1) is 16.0. The standard InChI is InChI=1S/C23H37N5O5/c24-18(17-29)21(30)13-11-9-7-5-3-1-2-4-6-8-10-12-16-25-19-14-15-20(28(31)32)23-22(19)26-33-27-23/h11,13-15,18,21,25,29-30H,1-10,12,16-17,24H2/b13-11+/t18-,21+/m0/s1. The summed E-state index contributed by atoms with van der Waals surface area (Å²) in [6, 6.07) is 2.47. The summed E-state index contributed by atoms with van der Waals surface area (Å²) in [4.78, 5) is 10.5. The van der Waals surface area contributed by atoms with E-state index in [2.05, 4.69) is 20.3 Å². The molecule has 2 atom stereocenters. The zero-order valence-corrected chi connectivity index (χ0v) is 19.2. The van der Waals surface area contributed by atoms with E-state index in [1.807, 2.05) is 6.08 Å². The van der Waals surface area contributed by atoms with Crippen LogP contribution in [-0.4, -0.2) is 50.7 Å². The number of nitro benzene ring substituents is 1. The molecule has 2 rings (SSSR count). The number of aliphatic hydroxyl groups is 2. The van der Waals surface area contributed by atoms with E-state index in [-0.39, 0.29) is 17.8 Å². The number of aliphatic hydroxyl groups excluding tert-OH is 2. The number of benzene rings is 1. The highest BCUT2D eigenvalue weighted by Crippen LogP contribution is 2.28. The van der Waals surface area contributed by atoms with Gasteiger partial charge in [0.25, 0.3) is 0 Å². The second-order valence-corrected chi connectivity index (χ2v) is 8.37. The summed E-state index contributed by atoms with van der Waals surface area (Å²) < 4.78 is 4.67. The molecular formula is C23H37N5O5. The van der Waals surface area contributed by atoms with E-state index in [9.17, 15) is 15.2 Å². The fourth-order valence-electron chi connectivity index (χ4n) is 3.65. The van der Waals surface area contributed by atoms with Crippen LogP contribution in [-0.2, 0) is 0 Å². The van der Waals surface area contributed by atoms with Gasteiger partial charge in [-0.1, -0.05) is 63.5 Å². The molecule has 0 saturated carbocycles. The first-order valence-corrected chi connectivity index (χ1v) is 11.9. The smallest absolute Gasteiger partial charge is 0.300 e. The highest BCUT2D eigenvalue weighted by atomic mass is 16.6. The van der Waals surface area contributed by atoms with Gasteiger partial charge in [-0.3, -0.25) is 10.1 Å². The Morgan fingerprint density at radius 1 is 1.03 bits per heavy atom. The van der Waals surface area contributed by atoms with Crippen LogP contribution in [0.3, 0.4) is 0 Å². The Morgan fingerprint density at radius 2 is 1.64 bits per heavy atom. The molecule has 33 heavy (non-hydrogen) atoms. The topological polar surface area (TPSA) is 161 Å². The van der Waals surface area contributed by atoms with E-state index in [0.29, 0.717) is 11.2 Å².